The molecule has 4 aromatic rings. The van der Waals surface area contributed by atoms with Gasteiger partial charge < -0.3 is 14.8 Å². The number of methoxy groups -OCH3 is 1. The maximum atomic E-state index is 15.4. The second-order valence-electron chi connectivity index (χ2n) is 11.3. The number of nitrogens with zero attached hydrogens (tertiary/aromatic N) is 1. The zero-order valence-electron chi connectivity index (χ0n) is 24.1. The van der Waals surface area contributed by atoms with Gasteiger partial charge in [-0.3, -0.25) is 9.59 Å². The number of halogens is 2. The van der Waals surface area contributed by atoms with Crippen molar-refractivity contribution in [2.45, 2.75) is 52.1 Å². The Hall–Kier alpha value is -3.78. The van der Waals surface area contributed by atoms with E-state index in [0.29, 0.717) is 27.7 Å². The van der Waals surface area contributed by atoms with Crippen molar-refractivity contribution in [3.8, 4) is 17.0 Å². The molecule has 1 aromatic heterocycles. The Kier molecular flexibility index (Phi) is 8.83. The molecule has 0 aliphatic rings. The number of fused-ring (bicyclic) bond motifs is 1. The van der Waals surface area contributed by atoms with Crippen LogP contribution in [0.25, 0.3) is 22.2 Å². The predicted octanol–water partition coefficient (Wildman–Crippen LogP) is 7.54. The van der Waals surface area contributed by atoms with Crippen LogP contribution in [-0.4, -0.2) is 36.1 Å². The number of esters is 1. The summed E-state index contributed by atoms with van der Waals surface area (Å²) < 4.78 is 27.2. The fourth-order valence-corrected chi connectivity index (χ4v) is 5.42. The Morgan fingerprint density at radius 1 is 1.00 bits per heavy atom. The Balaban J connectivity index is 1.78. The van der Waals surface area contributed by atoms with Gasteiger partial charge in [-0.2, -0.15) is 0 Å². The molecule has 0 aliphatic heterocycles. The summed E-state index contributed by atoms with van der Waals surface area (Å²) in [6.45, 7) is 8.85. The van der Waals surface area contributed by atoms with E-state index >= 15 is 4.39 Å². The summed E-state index contributed by atoms with van der Waals surface area (Å²) in [5, 5.41) is 3.68. The number of hydrogen-bond donors (Lipinski definition) is 1. The molecule has 1 heterocycles. The number of hydrogen-bond acceptors (Lipinski definition) is 5. The maximum absolute atomic E-state index is 15.4. The average molecular weight is 622 g/mol. The SMILES string of the molecule is COc1cccc(F)c1C(C)(CNC(=O)c1c(C)c(-c2ccccc2)nc2ccc(Br)cc12)CC(=O)OC(C)(C)C. The summed E-state index contributed by atoms with van der Waals surface area (Å²) >= 11 is 3.51. The summed E-state index contributed by atoms with van der Waals surface area (Å²) in [6.07, 6.45) is -0.182. The van der Waals surface area contributed by atoms with Gasteiger partial charge in [-0.1, -0.05) is 59.3 Å². The van der Waals surface area contributed by atoms with Gasteiger partial charge in [0.05, 0.1) is 30.3 Å². The van der Waals surface area contributed by atoms with Crippen LogP contribution < -0.4 is 10.1 Å². The Morgan fingerprint density at radius 2 is 1.71 bits per heavy atom. The summed E-state index contributed by atoms with van der Waals surface area (Å²) in [5.74, 6) is -1.13. The van der Waals surface area contributed by atoms with E-state index in [4.69, 9.17) is 14.5 Å². The van der Waals surface area contributed by atoms with Gasteiger partial charge >= 0.3 is 5.97 Å². The molecule has 1 N–H and O–H groups in total. The van der Waals surface area contributed by atoms with Gasteiger partial charge in [0.25, 0.3) is 5.91 Å². The smallest absolute Gasteiger partial charge is 0.307 e. The highest BCUT2D eigenvalue weighted by molar-refractivity contribution is 9.10. The quantitative estimate of drug-likeness (QED) is 0.206. The molecule has 3 aromatic carbocycles. The minimum absolute atomic E-state index is 0.0553. The highest BCUT2D eigenvalue weighted by Crippen LogP contribution is 2.38. The number of rotatable bonds is 8. The third-order valence-electron chi connectivity index (χ3n) is 6.86. The van der Waals surface area contributed by atoms with Crippen molar-refractivity contribution < 1.29 is 23.5 Å². The molecule has 0 fully saturated rings. The molecule has 1 amide bonds. The second-order valence-corrected chi connectivity index (χ2v) is 12.2. The first-order valence-corrected chi connectivity index (χ1v) is 14.1. The molecule has 0 radical (unpaired) electrons. The predicted molar refractivity (Wildman–Crippen MR) is 163 cm³/mol. The normalized spacial score (nSPS) is 13.0. The van der Waals surface area contributed by atoms with Crippen molar-refractivity contribution in [1.29, 1.82) is 0 Å². The number of benzene rings is 3. The first-order chi connectivity index (χ1) is 19.3. The first kappa shape index (κ1) is 30.2. The lowest BCUT2D eigenvalue weighted by molar-refractivity contribution is -0.156. The summed E-state index contributed by atoms with van der Waals surface area (Å²) in [6, 6.07) is 19.8. The molecule has 4 rings (SSSR count). The molecule has 0 aliphatic carbocycles. The van der Waals surface area contributed by atoms with Crippen LogP contribution in [0.1, 0.15) is 55.6 Å². The van der Waals surface area contributed by atoms with E-state index in [1.54, 1.807) is 39.8 Å². The van der Waals surface area contributed by atoms with Gasteiger partial charge in [0.15, 0.2) is 0 Å². The highest BCUT2D eigenvalue weighted by Gasteiger charge is 2.37. The van der Waals surface area contributed by atoms with Gasteiger partial charge in [0.2, 0.25) is 0 Å². The molecule has 0 spiro atoms. The lowest BCUT2D eigenvalue weighted by Crippen LogP contribution is -2.42. The number of pyridine rings is 1. The van der Waals surface area contributed by atoms with Crippen molar-refractivity contribution in [3.05, 3.63) is 93.7 Å². The number of nitrogens with one attached hydrogen (secondary N) is 1. The largest absolute Gasteiger partial charge is 0.496 e. The van der Waals surface area contributed by atoms with Crippen molar-refractivity contribution in [2.75, 3.05) is 13.7 Å². The highest BCUT2D eigenvalue weighted by atomic mass is 79.9. The maximum Gasteiger partial charge on any atom is 0.307 e. The Labute approximate surface area is 248 Å². The van der Waals surface area contributed by atoms with Crippen LogP contribution in [0, 0.1) is 12.7 Å². The lowest BCUT2D eigenvalue weighted by Gasteiger charge is -2.32. The molecule has 1 atom stereocenters. The lowest BCUT2D eigenvalue weighted by atomic mass is 9.78. The van der Waals surface area contributed by atoms with Crippen molar-refractivity contribution in [3.63, 3.8) is 0 Å². The molecule has 0 bridgehead atoms. The second kappa shape index (κ2) is 12.0. The van der Waals surface area contributed by atoms with E-state index in [0.717, 1.165) is 10.0 Å². The summed E-state index contributed by atoms with van der Waals surface area (Å²) in [4.78, 5) is 31.9. The molecule has 6 nitrogen and oxygen atoms in total. The minimum Gasteiger partial charge on any atom is -0.496 e. The zero-order valence-corrected chi connectivity index (χ0v) is 25.7. The Bertz CT molecular complexity index is 1600. The van der Waals surface area contributed by atoms with Crippen LogP contribution in [0.4, 0.5) is 4.39 Å². The third-order valence-corrected chi connectivity index (χ3v) is 7.35. The van der Waals surface area contributed by atoms with Crippen LogP contribution in [0.2, 0.25) is 0 Å². The fraction of sp³-hybridized carbons (Fsp3) is 0.303. The average Bonchev–Trinajstić information content (AvgIpc) is 2.90. The number of aromatic nitrogens is 1. The van der Waals surface area contributed by atoms with Gasteiger partial charge in [0, 0.05) is 32.9 Å². The van der Waals surface area contributed by atoms with Gasteiger partial charge in [-0.05, 0) is 63.6 Å². The molecule has 0 saturated carbocycles. The molecule has 8 heteroatoms. The Morgan fingerprint density at radius 3 is 2.37 bits per heavy atom. The first-order valence-electron chi connectivity index (χ1n) is 13.3. The van der Waals surface area contributed by atoms with Gasteiger partial charge in [-0.15, -0.1) is 0 Å². The van der Waals surface area contributed by atoms with Crippen LogP contribution in [0.5, 0.6) is 5.75 Å². The molecule has 1 unspecified atom stereocenters. The molecule has 0 saturated heterocycles. The summed E-state index contributed by atoms with van der Waals surface area (Å²) in [7, 11) is 1.44. The van der Waals surface area contributed by atoms with E-state index in [-0.39, 0.29) is 30.2 Å². The zero-order chi connectivity index (χ0) is 29.9. The molecular formula is C33H34BrFN2O4. The van der Waals surface area contributed by atoms with E-state index in [9.17, 15) is 9.59 Å². The van der Waals surface area contributed by atoms with Gasteiger partial charge in [0.1, 0.15) is 17.2 Å². The topological polar surface area (TPSA) is 77.5 Å². The van der Waals surface area contributed by atoms with Crippen LogP contribution in [0.15, 0.2) is 71.2 Å². The molecule has 41 heavy (non-hydrogen) atoms. The van der Waals surface area contributed by atoms with Crippen molar-refractivity contribution >= 4 is 38.7 Å². The number of ether oxygens (including phenoxy) is 2. The van der Waals surface area contributed by atoms with E-state index in [1.165, 1.54) is 13.2 Å². The van der Waals surface area contributed by atoms with E-state index in [2.05, 4.69) is 21.2 Å². The monoisotopic (exact) mass is 620 g/mol. The molecular weight excluding hydrogens is 587 g/mol. The third kappa shape index (κ3) is 6.76. The van der Waals surface area contributed by atoms with E-state index in [1.807, 2.05) is 55.5 Å². The van der Waals surface area contributed by atoms with Crippen LogP contribution >= 0.6 is 15.9 Å². The number of amides is 1. The minimum atomic E-state index is -1.19. The van der Waals surface area contributed by atoms with E-state index < -0.39 is 22.8 Å². The van der Waals surface area contributed by atoms with Gasteiger partial charge in [-0.25, -0.2) is 9.37 Å². The van der Waals surface area contributed by atoms with Crippen LogP contribution in [-0.2, 0) is 14.9 Å². The standard InChI is InChI=1S/C33H34BrFN2O4/c1-20-28(23-17-22(34)15-16-25(23)37-30(20)21-11-8-7-9-12-21)31(39)36-19-33(5,18-27(38)41-32(2,3)4)29-24(35)13-10-14-26(29)40-6/h7-17H,18-19H2,1-6H3,(H,36,39). The summed E-state index contributed by atoms with van der Waals surface area (Å²) in [5.41, 5.74) is 1.68. The molecule has 214 valence electrons. The van der Waals surface area contributed by atoms with Crippen LogP contribution in [0.3, 0.4) is 0 Å². The number of carbonyl (C=O) groups is 2. The van der Waals surface area contributed by atoms with Crippen molar-refractivity contribution in [1.82, 2.24) is 10.3 Å². The number of carbonyl (C=O) groups excluding carboxylic acids is 2. The fourth-order valence-electron chi connectivity index (χ4n) is 5.06. The van der Waals surface area contributed by atoms with Crippen molar-refractivity contribution in [2.24, 2.45) is 0 Å².